The van der Waals surface area contributed by atoms with Crippen LogP contribution in [0.5, 0.6) is 0 Å². The molecular formula is C25H23N5OS2. The van der Waals surface area contributed by atoms with Crippen molar-refractivity contribution >= 4 is 51.6 Å². The highest BCUT2D eigenvalue weighted by Gasteiger charge is 2.59. The van der Waals surface area contributed by atoms with Crippen molar-refractivity contribution in [3.63, 3.8) is 0 Å². The monoisotopic (exact) mass is 473 g/mol. The SMILES string of the molecule is [C-]#[N+]c1ccc(N2C(=O)C3(CCC3)N(c3ccc(CCCc4nccs4)nc3)C2=S)cc1C. The first-order chi connectivity index (χ1) is 16.0. The van der Waals surface area contributed by atoms with Crippen molar-refractivity contribution in [2.24, 2.45) is 0 Å². The maximum Gasteiger partial charge on any atom is 0.259 e. The van der Waals surface area contributed by atoms with Gasteiger partial charge in [0.25, 0.3) is 5.91 Å². The van der Waals surface area contributed by atoms with E-state index in [9.17, 15) is 4.79 Å². The van der Waals surface area contributed by atoms with Crippen molar-refractivity contribution < 1.29 is 4.79 Å². The number of carbonyl (C=O) groups excluding carboxylic acids is 1. The van der Waals surface area contributed by atoms with Gasteiger partial charge >= 0.3 is 0 Å². The summed E-state index contributed by atoms with van der Waals surface area (Å²) < 4.78 is 0. The predicted molar refractivity (Wildman–Crippen MR) is 135 cm³/mol. The van der Waals surface area contributed by atoms with Crippen molar-refractivity contribution in [3.8, 4) is 0 Å². The van der Waals surface area contributed by atoms with Crippen LogP contribution in [0.15, 0.2) is 48.1 Å². The summed E-state index contributed by atoms with van der Waals surface area (Å²) in [5, 5.41) is 3.63. The third-order valence-electron chi connectivity index (χ3n) is 6.53. The third kappa shape index (κ3) is 3.71. The number of thiazole rings is 1. The highest BCUT2D eigenvalue weighted by Crippen LogP contribution is 2.47. The first kappa shape index (κ1) is 21.7. The summed E-state index contributed by atoms with van der Waals surface area (Å²) in [5.41, 5.74) is 3.39. The van der Waals surface area contributed by atoms with Gasteiger partial charge < -0.3 is 4.90 Å². The second-order valence-corrected chi connectivity index (χ2v) is 9.86. The van der Waals surface area contributed by atoms with Gasteiger partial charge in [-0.1, -0.05) is 6.07 Å². The predicted octanol–water partition coefficient (Wildman–Crippen LogP) is 5.63. The molecule has 1 saturated heterocycles. The van der Waals surface area contributed by atoms with Crippen LogP contribution in [0.4, 0.5) is 17.1 Å². The average molecular weight is 474 g/mol. The number of pyridine rings is 1. The molecule has 5 rings (SSSR count). The molecule has 0 N–H and O–H groups in total. The number of amides is 1. The van der Waals surface area contributed by atoms with Crippen molar-refractivity contribution in [1.82, 2.24) is 9.97 Å². The molecule has 0 bridgehead atoms. The molecule has 6 nitrogen and oxygen atoms in total. The number of nitrogens with zero attached hydrogens (tertiary/aromatic N) is 5. The summed E-state index contributed by atoms with van der Waals surface area (Å²) in [6, 6.07) is 9.50. The Kier molecular flexibility index (Phi) is 5.69. The molecule has 1 amide bonds. The summed E-state index contributed by atoms with van der Waals surface area (Å²) in [5.74, 6) is 0.0150. The van der Waals surface area contributed by atoms with Gasteiger partial charge in [0, 0.05) is 23.0 Å². The Hall–Kier alpha value is -3.15. The summed E-state index contributed by atoms with van der Waals surface area (Å²) in [6.45, 7) is 9.17. The van der Waals surface area contributed by atoms with Gasteiger partial charge in [-0.15, -0.1) is 11.3 Å². The summed E-state index contributed by atoms with van der Waals surface area (Å²) >= 11 is 7.53. The lowest BCUT2D eigenvalue weighted by molar-refractivity contribution is -0.123. The van der Waals surface area contributed by atoms with E-state index < -0.39 is 5.54 Å². The lowest BCUT2D eigenvalue weighted by Crippen LogP contribution is -2.55. The van der Waals surface area contributed by atoms with Crippen LogP contribution in [0.2, 0.25) is 0 Å². The Morgan fingerprint density at radius 1 is 1.18 bits per heavy atom. The number of aryl methyl sites for hydroxylation is 3. The van der Waals surface area contributed by atoms with E-state index in [4.69, 9.17) is 18.8 Å². The Morgan fingerprint density at radius 3 is 2.61 bits per heavy atom. The van der Waals surface area contributed by atoms with E-state index in [-0.39, 0.29) is 5.91 Å². The van der Waals surface area contributed by atoms with Crippen LogP contribution in [0.1, 0.15) is 41.9 Å². The highest BCUT2D eigenvalue weighted by atomic mass is 32.1. The van der Waals surface area contributed by atoms with Gasteiger partial charge in [0.1, 0.15) is 5.54 Å². The van der Waals surface area contributed by atoms with Gasteiger partial charge in [-0.2, -0.15) is 0 Å². The molecule has 33 heavy (non-hydrogen) atoms. The molecule has 166 valence electrons. The number of thiocarbonyl (C=S) groups is 1. The van der Waals surface area contributed by atoms with Gasteiger partial charge in [-0.3, -0.25) is 14.7 Å². The fourth-order valence-electron chi connectivity index (χ4n) is 4.61. The first-order valence-electron chi connectivity index (χ1n) is 11.0. The lowest BCUT2D eigenvalue weighted by atomic mass is 9.75. The number of carbonyl (C=O) groups is 1. The second-order valence-electron chi connectivity index (χ2n) is 8.51. The van der Waals surface area contributed by atoms with Crippen LogP contribution in [0.25, 0.3) is 4.85 Å². The minimum Gasteiger partial charge on any atom is -0.301 e. The number of aromatic nitrogens is 2. The normalized spacial score (nSPS) is 16.8. The van der Waals surface area contributed by atoms with Crippen LogP contribution in [0, 0.1) is 13.5 Å². The molecule has 2 aliphatic rings. The molecule has 1 aromatic carbocycles. The Morgan fingerprint density at radius 2 is 2.00 bits per heavy atom. The van der Waals surface area contributed by atoms with E-state index in [0.29, 0.717) is 10.8 Å². The van der Waals surface area contributed by atoms with E-state index in [2.05, 4.69) is 14.8 Å². The largest absolute Gasteiger partial charge is 0.301 e. The first-order valence-corrected chi connectivity index (χ1v) is 12.3. The molecule has 1 aliphatic carbocycles. The highest BCUT2D eigenvalue weighted by molar-refractivity contribution is 7.81. The van der Waals surface area contributed by atoms with Crippen molar-refractivity contribution in [2.75, 3.05) is 9.80 Å². The van der Waals surface area contributed by atoms with Crippen LogP contribution in [0.3, 0.4) is 0 Å². The van der Waals surface area contributed by atoms with Gasteiger partial charge in [0.15, 0.2) is 10.8 Å². The zero-order chi connectivity index (χ0) is 23.0. The van der Waals surface area contributed by atoms with Gasteiger partial charge in [-0.25, -0.2) is 9.83 Å². The Bertz CT molecular complexity index is 1240. The average Bonchev–Trinajstić information content (AvgIpc) is 3.38. The molecule has 0 atom stereocenters. The summed E-state index contributed by atoms with van der Waals surface area (Å²) in [6.07, 6.45) is 9.06. The van der Waals surface area contributed by atoms with Crippen LogP contribution >= 0.6 is 23.6 Å². The maximum absolute atomic E-state index is 13.6. The number of hydrogen-bond donors (Lipinski definition) is 0. The van der Waals surface area contributed by atoms with Crippen LogP contribution in [-0.2, 0) is 17.6 Å². The fourth-order valence-corrected chi connectivity index (χ4v) is 5.74. The quantitative estimate of drug-likeness (QED) is 0.343. The van der Waals surface area contributed by atoms with Crippen molar-refractivity contribution in [3.05, 3.63) is 75.8 Å². The minimum atomic E-state index is -0.627. The molecule has 1 aliphatic heterocycles. The van der Waals surface area contributed by atoms with Crippen molar-refractivity contribution in [2.45, 2.75) is 51.0 Å². The van der Waals surface area contributed by atoms with E-state index in [0.717, 1.165) is 66.2 Å². The molecule has 3 aromatic rings. The van der Waals surface area contributed by atoms with Crippen LogP contribution in [-0.4, -0.2) is 26.5 Å². The molecule has 0 unspecified atom stereocenters. The number of benzene rings is 1. The van der Waals surface area contributed by atoms with E-state index in [1.807, 2.05) is 53.9 Å². The van der Waals surface area contributed by atoms with Gasteiger partial charge in [0.05, 0.1) is 23.5 Å². The smallest absolute Gasteiger partial charge is 0.259 e. The van der Waals surface area contributed by atoms with Gasteiger partial charge in [0.2, 0.25) is 0 Å². The van der Waals surface area contributed by atoms with E-state index in [1.54, 1.807) is 22.3 Å². The molecule has 3 heterocycles. The Labute approximate surface area is 202 Å². The van der Waals surface area contributed by atoms with E-state index >= 15 is 0 Å². The molecule has 2 aromatic heterocycles. The molecule has 1 saturated carbocycles. The number of anilines is 2. The molecule has 2 fully saturated rings. The zero-order valence-electron chi connectivity index (χ0n) is 18.3. The maximum atomic E-state index is 13.6. The standard InChI is InChI=1S/C25H23N5OS2/c1-17-15-19(9-10-21(17)26-2)29-23(31)25(11-4-12-25)30(24(29)32)20-8-7-18(28-16-20)5-3-6-22-27-13-14-33-22/h7-10,13-16H,3-6,11-12H2,1H3. The van der Waals surface area contributed by atoms with Crippen molar-refractivity contribution in [1.29, 1.82) is 0 Å². The zero-order valence-corrected chi connectivity index (χ0v) is 20.0. The summed E-state index contributed by atoms with van der Waals surface area (Å²) in [4.78, 5) is 29.8. The molecular weight excluding hydrogens is 450 g/mol. The number of rotatable bonds is 6. The van der Waals surface area contributed by atoms with Gasteiger partial charge in [-0.05, 0) is 87.5 Å². The topological polar surface area (TPSA) is 53.7 Å². The second kappa shape index (κ2) is 8.65. The Balaban J connectivity index is 1.38. The fraction of sp³-hybridized carbons (Fsp3) is 0.320. The molecule has 8 heteroatoms. The lowest BCUT2D eigenvalue weighted by Gasteiger charge is -2.42. The van der Waals surface area contributed by atoms with E-state index in [1.165, 1.54) is 0 Å². The number of hydrogen-bond acceptors (Lipinski definition) is 5. The third-order valence-corrected chi connectivity index (χ3v) is 7.73. The molecule has 0 radical (unpaired) electrons. The molecule has 1 spiro atoms. The summed E-state index contributed by atoms with van der Waals surface area (Å²) in [7, 11) is 0. The van der Waals surface area contributed by atoms with Crippen LogP contribution < -0.4 is 9.80 Å². The minimum absolute atomic E-state index is 0.0150.